The highest BCUT2D eigenvalue weighted by Gasteiger charge is 2.16. The number of carboxylic acids is 1. The number of ether oxygens (including phenoxy) is 1. The van der Waals surface area contributed by atoms with Crippen molar-refractivity contribution in [3.05, 3.63) is 47.8 Å². The molecule has 27 heavy (non-hydrogen) atoms. The Labute approximate surface area is 157 Å². The summed E-state index contributed by atoms with van der Waals surface area (Å²) in [5.74, 6) is -0.191. The summed E-state index contributed by atoms with van der Waals surface area (Å²) >= 11 is 0. The number of rotatable bonds is 1. The molecule has 142 valence electrons. The number of aliphatic carboxylic acids is 1. The van der Waals surface area contributed by atoms with E-state index < -0.39 is 5.97 Å². The normalized spacial score (nSPS) is 10.4. The number of aromatic nitrogens is 2. The van der Waals surface area contributed by atoms with Crippen LogP contribution in [-0.2, 0) is 11.8 Å². The Morgan fingerprint density at radius 2 is 1.78 bits per heavy atom. The summed E-state index contributed by atoms with van der Waals surface area (Å²) in [4.78, 5) is 12.5. The molecule has 0 unspecified atom stereocenters. The number of benzene rings is 2. The van der Waals surface area contributed by atoms with E-state index in [0.717, 1.165) is 18.2 Å². The van der Waals surface area contributed by atoms with Crippen LogP contribution >= 0.6 is 0 Å². The Morgan fingerprint density at radius 3 is 2.41 bits per heavy atom. The van der Waals surface area contributed by atoms with E-state index in [-0.39, 0.29) is 5.48 Å². The van der Waals surface area contributed by atoms with Crippen molar-refractivity contribution in [2.45, 2.75) is 20.8 Å². The summed E-state index contributed by atoms with van der Waals surface area (Å²) < 4.78 is 7.51. The molecule has 0 amide bonds. The molecule has 0 aliphatic rings. The van der Waals surface area contributed by atoms with Crippen molar-refractivity contribution in [3.8, 4) is 5.75 Å². The molecule has 4 rings (SSSR count). The van der Waals surface area contributed by atoms with Crippen LogP contribution < -0.4 is 14.4 Å². The molecule has 0 spiro atoms. The van der Waals surface area contributed by atoms with E-state index in [2.05, 4.69) is 61.0 Å². The van der Waals surface area contributed by atoms with Crippen LogP contribution in [0.3, 0.4) is 0 Å². The maximum Gasteiger partial charge on any atom is 0.176 e. The van der Waals surface area contributed by atoms with Crippen LogP contribution in [0.4, 0.5) is 0 Å². The first-order chi connectivity index (χ1) is 12.3. The molecule has 6 heteroatoms. The molecule has 0 saturated carbocycles. The Bertz CT molecular complexity index is 1140. The summed E-state index contributed by atoms with van der Waals surface area (Å²) in [5, 5.41) is 14.0. The Balaban J connectivity index is 0.000000479. The summed E-state index contributed by atoms with van der Waals surface area (Å²) in [5.41, 5.74) is 4.99. The predicted molar refractivity (Wildman–Crippen MR) is 105 cm³/mol. The standard InChI is InChI=1S/C19H18N2O.C2H4O2.H2O/c1-11-16-10-21(3)8-7-14(16)12(2)19-18(11)15-9-13(22-4)5-6-17(15)20-19;1-2(3)4;/h5-10H,1-4H3;1H3,(H,3,4);1H2. The molecule has 6 nitrogen and oxygen atoms in total. The van der Waals surface area contributed by atoms with Gasteiger partial charge in [0.05, 0.1) is 12.6 Å². The summed E-state index contributed by atoms with van der Waals surface area (Å²) in [6.45, 7) is 5.37. The number of nitrogens with zero attached hydrogens (tertiary/aromatic N) is 1. The third kappa shape index (κ3) is 3.57. The molecule has 0 atom stereocenters. The van der Waals surface area contributed by atoms with Gasteiger partial charge in [0, 0.05) is 33.7 Å². The monoisotopic (exact) mass is 368 g/mol. The first kappa shape index (κ1) is 20.2. The zero-order valence-electron chi connectivity index (χ0n) is 16.1. The highest BCUT2D eigenvalue weighted by Crippen LogP contribution is 2.37. The molecule has 0 saturated heterocycles. The third-order valence-corrected chi connectivity index (χ3v) is 4.66. The number of carboxylic acid groups (broad SMARTS) is 1. The fraction of sp³-hybridized carbons (Fsp3) is 0.238. The van der Waals surface area contributed by atoms with Gasteiger partial charge in [-0.05, 0) is 55.5 Å². The number of pyridine rings is 1. The van der Waals surface area contributed by atoms with Gasteiger partial charge in [0.15, 0.2) is 12.4 Å². The van der Waals surface area contributed by atoms with Crippen molar-refractivity contribution in [2.24, 2.45) is 7.05 Å². The molecule has 4 aromatic rings. The van der Waals surface area contributed by atoms with E-state index in [0.29, 0.717) is 0 Å². The van der Waals surface area contributed by atoms with Gasteiger partial charge in [-0.25, -0.2) is 4.57 Å². The quantitative estimate of drug-likeness (QED) is 0.519. The van der Waals surface area contributed by atoms with Crippen LogP contribution in [0.5, 0.6) is 5.75 Å². The Kier molecular flexibility index (Phi) is 5.71. The van der Waals surface area contributed by atoms with Crippen LogP contribution in [0, 0.1) is 13.8 Å². The van der Waals surface area contributed by atoms with Gasteiger partial charge in [0.1, 0.15) is 12.8 Å². The van der Waals surface area contributed by atoms with E-state index in [1.807, 2.05) is 6.07 Å². The molecule has 0 radical (unpaired) electrons. The molecule has 0 fully saturated rings. The second kappa shape index (κ2) is 7.63. The number of hydrogen-bond donors (Lipinski definition) is 1. The van der Waals surface area contributed by atoms with Gasteiger partial charge >= 0.3 is 0 Å². The lowest BCUT2D eigenvalue weighted by atomic mass is 9.97. The highest BCUT2D eigenvalue weighted by atomic mass is 16.5. The number of H-pyrrole nitrogens is 1. The highest BCUT2D eigenvalue weighted by molar-refractivity contribution is 6.16. The van der Waals surface area contributed by atoms with Crippen LogP contribution in [0.15, 0.2) is 36.7 Å². The van der Waals surface area contributed by atoms with E-state index in [4.69, 9.17) is 14.6 Å². The van der Waals surface area contributed by atoms with Crippen LogP contribution in [0.25, 0.3) is 32.6 Å². The minimum Gasteiger partial charge on any atom is -0.550 e. The average Bonchev–Trinajstić information content (AvgIpc) is 2.98. The number of hydrogen-bond acceptors (Lipinski definition) is 3. The SMILES string of the molecule is CC(=O)[O-].COc1ccc2[nH]c3c(C)c4cc[n+](C)cc4c(C)c3c2c1.O. The fourth-order valence-electron chi connectivity index (χ4n) is 3.46. The van der Waals surface area contributed by atoms with E-state index in [9.17, 15) is 0 Å². The lowest BCUT2D eigenvalue weighted by molar-refractivity contribution is -0.670. The fourth-order valence-corrected chi connectivity index (χ4v) is 3.46. The van der Waals surface area contributed by atoms with Gasteiger partial charge in [0.2, 0.25) is 0 Å². The lowest BCUT2D eigenvalue weighted by Gasteiger charge is -2.07. The first-order valence-electron chi connectivity index (χ1n) is 8.38. The molecule has 2 heterocycles. The second-order valence-electron chi connectivity index (χ2n) is 6.47. The number of nitrogens with one attached hydrogen (secondary N) is 1. The predicted octanol–water partition coefficient (Wildman–Crippen LogP) is 1.86. The van der Waals surface area contributed by atoms with Gasteiger partial charge < -0.3 is 25.1 Å². The zero-order chi connectivity index (χ0) is 19.0. The number of aryl methyl sites for hydroxylation is 3. The van der Waals surface area contributed by atoms with E-state index in [1.165, 1.54) is 38.2 Å². The largest absolute Gasteiger partial charge is 0.550 e. The van der Waals surface area contributed by atoms with Crippen LogP contribution in [0.2, 0.25) is 0 Å². The molecule has 0 aliphatic carbocycles. The number of methoxy groups -OCH3 is 1. The summed E-state index contributed by atoms with van der Waals surface area (Å²) in [6.07, 6.45) is 4.31. The molecular weight excluding hydrogens is 344 g/mol. The minimum absolute atomic E-state index is 0. The minimum atomic E-state index is -1.08. The van der Waals surface area contributed by atoms with Crippen molar-refractivity contribution < 1.29 is 24.7 Å². The van der Waals surface area contributed by atoms with Crippen molar-refractivity contribution >= 4 is 38.5 Å². The lowest BCUT2D eigenvalue weighted by Crippen LogP contribution is -2.26. The van der Waals surface area contributed by atoms with Gasteiger partial charge in [-0.3, -0.25) is 0 Å². The Morgan fingerprint density at radius 1 is 1.11 bits per heavy atom. The number of fused-ring (bicyclic) bond motifs is 4. The maximum absolute atomic E-state index is 8.89. The van der Waals surface area contributed by atoms with Gasteiger partial charge in [-0.2, -0.15) is 0 Å². The van der Waals surface area contributed by atoms with Crippen LogP contribution in [-0.4, -0.2) is 23.5 Å². The average molecular weight is 368 g/mol. The smallest absolute Gasteiger partial charge is 0.176 e. The van der Waals surface area contributed by atoms with Crippen molar-refractivity contribution in [2.75, 3.05) is 7.11 Å². The third-order valence-electron chi connectivity index (χ3n) is 4.66. The second-order valence-corrected chi connectivity index (χ2v) is 6.47. The summed E-state index contributed by atoms with van der Waals surface area (Å²) in [7, 11) is 3.78. The van der Waals surface area contributed by atoms with E-state index >= 15 is 0 Å². The summed E-state index contributed by atoms with van der Waals surface area (Å²) in [6, 6.07) is 8.42. The van der Waals surface area contributed by atoms with Crippen molar-refractivity contribution in [1.82, 2.24) is 4.98 Å². The molecule has 3 N–H and O–H groups in total. The zero-order valence-corrected chi connectivity index (χ0v) is 16.1. The van der Waals surface area contributed by atoms with Gasteiger partial charge in [0.25, 0.3) is 0 Å². The van der Waals surface area contributed by atoms with Gasteiger partial charge in [-0.15, -0.1) is 0 Å². The molecule has 0 bridgehead atoms. The maximum atomic E-state index is 8.89. The molecule has 2 aromatic heterocycles. The topological polar surface area (TPSA) is 101 Å². The van der Waals surface area contributed by atoms with Crippen molar-refractivity contribution in [3.63, 3.8) is 0 Å². The number of carbonyl (C=O) groups is 1. The van der Waals surface area contributed by atoms with Crippen LogP contribution in [0.1, 0.15) is 18.1 Å². The van der Waals surface area contributed by atoms with E-state index in [1.54, 1.807) is 7.11 Å². The molecule has 2 aromatic carbocycles. The number of aromatic amines is 1. The Hall–Kier alpha value is -3.12. The number of carbonyl (C=O) groups excluding carboxylic acids is 1. The molecular formula is C21H24N2O4. The van der Waals surface area contributed by atoms with Crippen molar-refractivity contribution in [1.29, 1.82) is 0 Å². The first-order valence-corrected chi connectivity index (χ1v) is 8.38. The molecule has 0 aliphatic heterocycles. The van der Waals surface area contributed by atoms with Gasteiger partial charge in [-0.1, -0.05) is 0 Å².